The molecule has 4 rings (SSSR count). The van der Waals surface area contributed by atoms with E-state index in [2.05, 4.69) is 68.3 Å². The molecule has 0 aliphatic heterocycles. The molecule has 18 heavy (non-hydrogen) atoms. The molecule has 0 amide bonds. The first-order valence-electron chi connectivity index (χ1n) is 5.43. The molecule has 4 heteroatoms. The van der Waals surface area contributed by atoms with E-state index in [0.717, 1.165) is 0 Å². The summed E-state index contributed by atoms with van der Waals surface area (Å²) in [5, 5.41) is 4.38. The first-order chi connectivity index (χ1) is 8.74. The van der Waals surface area contributed by atoms with Crippen LogP contribution in [0.2, 0.25) is 0 Å². The van der Waals surface area contributed by atoms with Gasteiger partial charge in [0, 0.05) is 0 Å². The van der Waals surface area contributed by atoms with E-state index in [-0.39, 0.29) is 0 Å². The Hall–Kier alpha value is 0.179. The number of fused-ring (bicyclic) bond motifs is 5. The quantitative estimate of drug-likeness (QED) is 0.310. The van der Waals surface area contributed by atoms with E-state index in [9.17, 15) is 0 Å². The molecule has 0 nitrogen and oxygen atoms in total. The normalized spacial score (nSPS) is 11.9. The van der Waals surface area contributed by atoms with E-state index in [1.807, 2.05) is 0 Å². The zero-order valence-corrected chi connectivity index (χ0v) is 15.6. The third-order valence-corrected chi connectivity index (χ3v) is 9.92. The predicted octanol–water partition coefficient (Wildman–Crippen LogP) is 4.79. The fourth-order valence-corrected chi connectivity index (χ4v) is 8.84. The zero-order valence-electron chi connectivity index (χ0n) is 9.04. The summed E-state index contributed by atoms with van der Waals surface area (Å²) in [5.41, 5.74) is 0. The number of hydrogen-bond acceptors (Lipinski definition) is 0. The molecule has 88 valence electrons. The van der Waals surface area contributed by atoms with Gasteiger partial charge in [0.15, 0.2) is 0 Å². The molecule has 0 atom stereocenters. The van der Waals surface area contributed by atoms with Gasteiger partial charge in [-0.05, 0) is 0 Å². The summed E-state index contributed by atoms with van der Waals surface area (Å²) in [6.07, 6.45) is 0. The minimum absolute atomic E-state index is 0.445. The molecule has 0 aliphatic carbocycles. The molecular weight excluding hydrogens is 486 g/mol. The SMILES string of the molecule is Brc1cc2ccc3[se]c4c(Br)cccc4c3c2[se]1. The molecule has 2 aromatic carbocycles. The van der Waals surface area contributed by atoms with Crippen LogP contribution in [0.5, 0.6) is 0 Å². The van der Waals surface area contributed by atoms with E-state index >= 15 is 0 Å². The van der Waals surface area contributed by atoms with E-state index in [1.54, 1.807) is 8.52 Å². The molecule has 0 radical (unpaired) electrons. The van der Waals surface area contributed by atoms with Gasteiger partial charge in [-0.2, -0.15) is 0 Å². The summed E-state index contributed by atoms with van der Waals surface area (Å²) in [6, 6.07) is 13.5. The van der Waals surface area contributed by atoms with Gasteiger partial charge in [0.25, 0.3) is 0 Å². The first-order valence-corrected chi connectivity index (χ1v) is 10.4. The molecule has 2 heterocycles. The van der Waals surface area contributed by atoms with Crippen molar-refractivity contribution in [1.82, 2.24) is 0 Å². The van der Waals surface area contributed by atoms with Crippen LogP contribution >= 0.6 is 31.9 Å². The number of benzene rings is 2. The second-order valence-electron chi connectivity index (χ2n) is 4.13. The van der Waals surface area contributed by atoms with Crippen LogP contribution in [0.25, 0.3) is 28.9 Å². The maximum atomic E-state index is 3.70. The molecule has 0 bridgehead atoms. The molecule has 0 unspecified atom stereocenters. The van der Waals surface area contributed by atoms with Gasteiger partial charge < -0.3 is 0 Å². The van der Waals surface area contributed by atoms with Crippen LogP contribution in [0.4, 0.5) is 0 Å². The van der Waals surface area contributed by atoms with E-state index in [4.69, 9.17) is 0 Å². The molecule has 0 N–H and O–H groups in total. The molecule has 4 aromatic rings. The topological polar surface area (TPSA) is 0 Å². The van der Waals surface area contributed by atoms with Gasteiger partial charge in [0.2, 0.25) is 0 Å². The van der Waals surface area contributed by atoms with Gasteiger partial charge in [0.1, 0.15) is 0 Å². The fraction of sp³-hybridized carbons (Fsp3) is 0. The Labute approximate surface area is 133 Å². The number of halogens is 2. The second kappa shape index (κ2) is 4.34. The van der Waals surface area contributed by atoms with Gasteiger partial charge >= 0.3 is 134 Å². The molecule has 2 aromatic heterocycles. The summed E-state index contributed by atoms with van der Waals surface area (Å²) in [7, 11) is 0. The summed E-state index contributed by atoms with van der Waals surface area (Å²) in [6.45, 7) is 0. The standard InChI is InChI=1S/C14H6Br2Se2/c15-9-3-1-2-8-12-10(17-14(8)9)5-4-7-6-11(16)18-13(7)12/h1-6H. The van der Waals surface area contributed by atoms with Crippen LogP contribution in [0.1, 0.15) is 0 Å². The minimum atomic E-state index is 0.445. The van der Waals surface area contributed by atoms with Crippen molar-refractivity contribution in [2.75, 3.05) is 0 Å². The Bertz CT molecular complexity index is 902. The van der Waals surface area contributed by atoms with Crippen LogP contribution < -0.4 is 0 Å². The van der Waals surface area contributed by atoms with Crippen molar-refractivity contribution in [3.63, 3.8) is 0 Å². The number of hydrogen-bond donors (Lipinski definition) is 0. The Balaban J connectivity index is 2.36. The van der Waals surface area contributed by atoms with Crippen molar-refractivity contribution in [3.05, 3.63) is 44.2 Å². The second-order valence-corrected chi connectivity index (χ2v) is 11.4. The average molecular weight is 492 g/mol. The fourth-order valence-electron chi connectivity index (χ4n) is 2.31. The van der Waals surface area contributed by atoms with Gasteiger partial charge in [-0.1, -0.05) is 0 Å². The summed E-state index contributed by atoms with van der Waals surface area (Å²) in [5.74, 6) is 0. The van der Waals surface area contributed by atoms with Crippen molar-refractivity contribution in [2.24, 2.45) is 0 Å². The van der Waals surface area contributed by atoms with Crippen LogP contribution in [0.15, 0.2) is 44.2 Å². The van der Waals surface area contributed by atoms with Gasteiger partial charge in [-0.3, -0.25) is 0 Å². The molecule has 0 aliphatic rings. The van der Waals surface area contributed by atoms with Gasteiger partial charge in [-0.25, -0.2) is 0 Å². The van der Waals surface area contributed by atoms with Crippen molar-refractivity contribution < 1.29 is 0 Å². The van der Waals surface area contributed by atoms with Crippen molar-refractivity contribution in [3.8, 4) is 0 Å². The van der Waals surface area contributed by atoms with Gasteiger partial charge in [0.05, 0.1) is 0 Å². The van der Waals surface area contributed by atoms with E-state index in [0.29, 0.717) is 29.0 Å². The van der Waals surface area contributed by atoms with Crippen LogP contribution in [-0.2, 0) is 0 Å². The van der Waals surface area contributed by atoms with Crippen molar-refractivity contribution >= 4 is 89.8 Å². The van der Waals surface area contributed by atoms with E-state index < -0.39 is 0 Å². The summed E-state index contributed by atoms with van der Waals surface area (Å²) < 4.78 is 7.23. The zero-order chi connectivity index (χ0) is 12.3. The predicted molar refractivity (Wildman–Crippen MR) is 88.2 cm³/mol. The Morgan fingerprint density at radius 3 is 2.67 bits per heavy atom. The summed E-state index contributed by atoms with van der Waals surface area (Å²) in [4.78, 5) is 0. The Morgan fingerprint density at radius 2 is 1.78 bits per heavy atom. The van der Waals surface area contributed by atoms with Crippen LogP contribution in [0.3, 0.4) is 0 Å². The van der Waals surface area contributed by atoms with Crippen molar-refractivity contribution in [1.29, 1.82) is 0 Å². The monoisotopic (exact) mass is 492 g/mol. The Kier molecular flexibility index (Phi) is 2.89. The molecule has 0 fully saturated rings. The van der Waals surface area contributed by atoms with Crippen LogP contribution in [-0.4, -0.2) is 29.0 Å². The maximum absolute atomic E-state index is 3.70. The van der Waals surface area contributed by atoms with E-state index in [1.165, 1.54) is 28.2 Å². The molecule has 0 spiro atoms. The first kappa shape index (κ1) is 12.0. The summed E-state index contributed by atoms with van der Waals surface area (Å²) >= 11 is 8.26. The number of rotatable bonds is 0. The molecule has 0 saturated carbocycles. The molecular formula is C14H6Br2Se2. The third kappa shape index (κ3) is 1.67. The van der Waals surface area contributed by atoms with Gasteiger partial charge in [-0.15, -0.1) is 0 Å². The van der Waals surface area contributed by atoms with Crippen LogP contribution in [0, 0.1) is 0 Å². The average Bonchev–Trinajstić information content (AvgIpc) is 2.88. The van der Waals surface area contributed by atoms with Crippen molar-refractivity contribution in [2.45, 2.75) is 0 Å². The Morgan fingerprint density at radius 1 is 0.889 bits per heavy atom. The molecule has 0 saturated heterocycles. The third-order valence-electron chi connectivity index (χ3n) is 3.07.